The fourth-order valence-electron chi connectivity index (χ4n) is 2.71. The highest BCUT2D eigenvalue weighted by Crippen LogP contribution is 2.32. The summed E-state index contributed by atoms with van der Waals surface area (Å²) < 4.78 is 10.5. The Morgan fingerprint density at radius 2 is 1.92 bits per heavy atom. The molecule has 1 aliphatic heterocycles. The van der Waals surface area contributed by atoms with Crippen molar-refractivity contribution in [3.8, 4) is 11.5 Å². The molecule has 0 radical (unpaired) electrons. The highest BCUT2D eigenvalue weighted by atomic mass is 16.7. The Balaban J connectivity index is 1.40. The molecular weight excluding hydrogens is 334 g/mol. The molecule has 26 heavy (non-hydrogen) atoms. The van der Waals surface area contributed by atoms with Gasteiger partial charge < -0.3 is 20.1 Å². The van der Waals surface area contributed by atoms with Crippen LogP contribution in [0.2, 0.25) is 0 Å². The van der Waals surface area contributed by atoms with E-state index in [9.17, 15) is 9.59 Å². The van der Waals surface area contributed by atoms with Gasteiger partial charge in [0.1, 0.15) is 0 Å². The Kier molecular flexibility index (Phi) is 4.10. The molecule has 0 fully saturated rings. The first-order valence-electron chi connectivity index (χ1n) is 8.02. The maximum absolute atomic E-state index is 12.2. The van der Waals surface area contributed by atoms with E-state index in [4.69, 9.17) is 9.47 Å². The van der Waals surface area contributed by atoms with Crippen LogP contribution < -0.4 is 20.1 Å². The van der Waals surface area contributed by atoms with Crippen LogP contribution in [-0.2, 0) is 4.79 Å². The number of aromatic nitrogens is 1. The van der Waals surface area contributed by atoms with Crippen molar-refractivity contribution in [1.82, 2.24) is 10.3 Å². The first kappa shape index (κ1) is 15.9. The maximum Gasteiger partial charge on any atom is 0.251 e. The van der Waals surface area contributed by atoms with Crippen molar-refractivity contribution in [1.29, 1.82) is 0 Å². The largest absolute Gasteiger partial charge is 0.454 e. The first-order valence-corrected chi connectivity index (χ1v) is 8.02. The van der Waals surface area contributed by atoms with E-state index in [2.05, 4.69) is 15.6 Å². The van der Waals surface area contributed by atoms with E-state index in [0.29, 0.717) is 22.7 Å². The van der Waals surface area contributed by atoms with Crippen molar-refractivity contribution < 1.29 is 19.1 Å². The molecule has 2 amide bonds. The third-order valence-electron chi connectivity index (χ3n) is 3.96. The topological polar surface area (TPSA) is 89.6 Å². The number of carbonyl (C=O) groups is 2. The summed E-state index contributed by atoms with van der Waals surface area (Å²) in [6.07, 6.45) is 1.69. The second-order valence-electron chi connectivity index (χ2n) is 5.67. The molecule has 4 rings (SSSR count). The molecule has 3 aromatic rings. The molecule has 2 heterocycles. The molecule has 0 saturated carbocycles. The Hall–Kier alpha value is -3.61. The number of nitrogens with zero attached hydrogens (tertiary/aromatic N) is 1. The molecule has 0 unspecified atom stereocenters. The van der Waals surface area contributed by atoms with Crippen molar-refractivity contribution in [3.05, 3.63) is 60.3 Å². The van der Waals surface area contributed by atoms with Gasteiger partial charge in [0.2, 0.25) is 12.7 Å². The number of ether oxygens (including phenoxy) is 2. The summed E-state index contributed by atoms with van der Waals surface area (Å²) in [5.41, 5.74) is 1.84. The number of anilines is 1. The summed E-state index contributed by atoms with van der Waals surface area (Å²) in [5.74, 6) is 0.433. The van der Waals surface area contributed by atoms with Gasteiger partial charge in [-0.2, -0.15) is 0 Å². The third-order valence-corrected chi connectivity index (χ3v) is 3.96. The van der Waals surface area contributed by atoms with Crippen LogP contribution in [-0.4, -0.2) is 30.1 Å². The van der Waals surface area contributed by atoms with Crippen molar-refractivity contribution >= 4 is 28.4 Å². The molecule has 0 aliphatic carbocycles. The van der Waals surface area contributed by atoms with Crippen LogP contribution in [0, 0.1) is 0 Å². The zero-order valence-corrected chi connectivity index (χ0v) is 13.7. The van der Waals surface area contributed by atoms with E-state index in [-0.39, 0.29) is 25.2 Å². The van der Waals surface area contributed by atoms with Crippen LogP contribution in [0.25, 0.3) is 10.9 Å². The van der Waals surface area contributed by atoms with E-state index in [1.54, 1.807) is 36.5 Å². The highest BCUT2D eigenvalue weighted by Gasteiger charge is 2.16. The smallest absolute Gasteiger partial charge is 0.251 e. The Morgan fingerprint density at radius 1 is 1.04 bits per heavy atom. The number of pyridine rings is 1. The second kappa shape index (κ2) is 6.72. The molecule has 0 spiro atoms. The molecule has 1 aliphatic rings. The minimum atomic E-state index is -0.363. The number of hydrogen-bond acceptors (Lipinski definition) is 5. The average molecular weight is 349 g/mol. The molecule has 7 nitrogen and oxygen atoms in total. The van der Waals surface area contributed by atoms with Crippen molar-refractivity contribution in [3.63, 3.8) is 0 Å². The average Bonchev–Trinajstić information content (AvgIpc) is 3.14. The normalized spacial score (nSPS) is 12.0. The summed E-state index contributed by atoms with van der Waals surface area (Å²) in [6.45, 7) is -0.00732. The zero-order chi connectivity index (χ0) is 17.9. The lowest BCUT2D eigenvalue weighted by atomic mass is 10.2. The van der Waals surface area contributed by atoms with E-state index in [0.717, 1.165) is 10.9 Å². The highest BCUT2D eigenvalue weighted by molar-refractivity contribution is 6.03. The number of carbonyl (C=O) groups excluding carboxylic acids is 2. The van der Waals surface area contributed by atoms with Crippen LogP contribution in [0.3, 0.4) is 0 Å². The van der Waals surface area contributed by atoms with E-state index >= 15 is 0 Å². The van der Waals surface area contributed by atoms with E-state index in [1.165, 1.54) is 0 Å². The number of hydrogen-bond donors (Lipinski definition) is 2. The van der Waals surface area contributed by atoms with E-state index < -0.39 is 0 Å². The molecule has 0 saturated heterocycles. The molecule has 7 heteroatoms. The molecular formula is C19H15N3O4. The zero-order valence-electron chi connectivity index (χ0n) is 13.7. The number of amides is 2. The van der Waals surface area contributed by atoms with Crippen molar-refractivity contribution in [2.75, 3.05) is 18.7 Å². The van der Waals surface area contributed by atoms with Gasteiger partial charge in [0.05, 0.1) is 17.7 Å². The lowest BCUT2D eigenvalue weighted by molar-refractivity contribution is -0.115. The summed E-state index contributed by atoms with van der Waals surface area (Å²) in [6, 6.07) is 14.0. The number of nitrogens with one attached hydrogen (secondary N) is 2. The van der Waals surface area contributed by atoms with Crippen molar-refractivity contribution in [2.24, 2.45) is 0 Å². The summed E-state index contributed by atoms with van der Waals surface area (Å²) in [7, 11) is 0. The monoisotopic (exact) mass is 349 g/mol. The van der Waals surface area contributed by atoms with Crippen LogP contribution in [0.15, 0.2) is 54.7 Å². The summed E-state index contributed by atoms with van der Waals surface area (Å²) >= 11 is 0. The number of rotatable bonds is 4. The van der Waals surface area contributed by atoms with Crippen LogP contribution >= 0.6 is 0 Å². The molecule has 130 valence electrons. The lowest BCUT2D eigenvalue weighted by Gasteiger charge is -2.09. The van der Waals surface area contributed by atoms with Gasteiger partial charge in [-0.25, -0.2) is 0 Å². The standard InChI is InChI=1S/C19H15N3O4/c23-18(22-15-5-1-4-14-13(15)3-2-8-20-14)10-21-19(24)12-6-7-16-17(9-12)26-11-25-16/h1-9H,10-11H2,(H,21,24)(H,22,23). The van der Waals surface area contributed by atoms with Gasteiger partial charge in [-0.1, -0.05) is 6.07 Å². The van der Waals surface area contributed by atoms with Crippen LogP contribution in [0.4, 0.5) is 5.69 Å². The van der Waals surface area contributed by atoms with E-state index in [1.807, 2.05) is 18.2 Å². The fourth-order valence-corrected chi connectivity index (χ4v) is 2.71. The van der Waals surface area contributed by atoms with Crippen LogP contribution in [0.1, 0.15) is 10.4 Å². The van der Waals surface area contributed by atoms with Gasteiger partial charge in [-0.15, -0.1) is 0 Å². The quantitative estimate of drug-likeness (QED) is 0.755. The van der Waals surface area contributed by atoms with Gasteiger partial charge in [-0.05, 0) is 42.5 Å². The number of benzene rings is 2. The van der Waals surface area contributed by atoms with Crippen LogP contribution in [0.5, 0.6) is 11.5 Å². The molecule has 0 atom stereocenters. The Morgan fingerprint density at radius 3 is 2.85 bits per heavy atom. The first-order chi connectivity index (χ1) is 12.7. The maximum atomic E-state index is 12.2. The molecule has 2 N–H and O–H groups in total. The Labute approximate surface area is 148 Å². The van der Waals surface area contributed by atoms with Crippen molar-refractivity contribution in [2.45, 2.75) is 0 Å². The minimum Gasteiger partial charge on any atom is -0.454 e. The summed E-state index contributed by atoms with van der Waals surface area (Å²) in [5, 5.41) is 6.23. The van der Waals surface area contributed by atoms with Gasteiger partial charge >= 0.3 is 0 Å². The molecule has 1 aromatic heterocycles. The molecule has 2 aromatic carbocycles. The SMILES string of the molecule is O=C(CNC(=O)c1ccc2c(c1)OCO2)Nc1cccc2ncccc12. The predicted molar refractivity (Wildman–Crippen MR) is 95.3 cm³/mol. The van der Waals surface area contributed by atoms with Gasteiger partial charge in [0, 0.05) is 17.1 Å². The third kappa shape index (κ3) is 3.14. The van der Waals surface area contributed by atoms with Gasteiger partial charge in [-0.3, -0.25) is 14.6 Å². The second-order valence-corrected chi connectivity index (χ2v) is 5.67. The minimum absolute atomic E-state index is 0.142. The lowest BCUT2D eigenvalue weighted by Crippen LogP contribution is -2.32. The molecule has 0 bridgehead atoms. The van der Waals surface area contributed by atoms with Gasteiger partial charge in [0.25, 0.3) is 5.91 Å². The Bertz CT molecular complexity index is 998. The fraction of sp³-hybridized carbons (Fsp3) is 0.105. The predicted octanol–water partition coefficient (Wildman–Crippen LogP) is 2.33. The number of fused-ring (bicyclic) bond motifs is 2. The van der Waals surface area contributed by atoms with Gasteiger partial charge in [0.15, 0.2) is 11.5 Å². The summed E-state index contributed by atoms with van der Waals surface area (Å²) in [4.78, 5) is 28.7.